The molecule has 152 valence electrons. The van der Waals surface area contributed by atoms with Crippen molar-refractivity contribution in [2.75, 3.05) is 0 Å². The molecule has 0 aromatic rings. The van der Waals surface area contributed by atoms with E-state index in [9.17, 15) is 14.4 Å². The molecule has 0 saturated carbocycles. The molecule has 1 heterocycles. The summed E-state index contributed by atoms with van der Waals surface area (Å²) in [5, 5.41) is 21.4. The first-order chi connectivity index (χ1) is 13.9. The third kappa shape index (κ3) is 9.34. The van der Waals surface area contributed by atoms with Crippen molar-refractivity contribution < 1.29 is 19.5 Å². The number of hydrogen-bond acceptors (Lipinski definition) is 6. The Labute approximate surface area is 173 Å². The summed E-state index contributed by atoms with van der Waals surface area (Å²) in [6, 6.07) is 0. The number of carbonyl (C=O) groups excluding carboxylic acids is 2. The molecule has 0 bridgehead atoms. The maximum atomic E-state index is 12.0. The Morgan fingerprint density at radius 3 is 2.62 bits per heavy atom. The first kappa shape index (κ1) is 23.6. The molecule has 9 heteroatoms. The van der Waals surface area contributed by atoms with Gasteiger partial charge in [0.25, 0.3) is 0 Å². The molecular formula is C20H22N4O4S. The van der Waals surface area contributed by atoms with Crippen LogP contribution < -0.4 is 10.6 Å². The van der Waals surface area contributed by atoms with E-state index in [0.717, 1.165) is 11.8 Å². The van der Waals surface area contributed by atoms with Crippen molar-refractivity contribution in [3.63, 3.8) is 0 Å². The van der Waals surface area contributed by atoms with Crippen LogP contribution in [-0.4, -0.2) is 39.5 Å². The lowest BCUT2D eigenvalue weighted by atomic mass is 10.2. The molecule has 3 N–H and O–H groups in total. The molecule has 0 aromatic carbocycles. The maximum Gasteiger partial charge on any atom is 0.335 e. The summed E-state index contributed by atoms with van der Waals surface area (Å²) in [7, 11) is 0. The van der Waals surface area contributed by atoms with Gasteiger partial charge in [0.1, 0.15) is 5.25 Å². The highest BCUT2D eigenvalue weighted by molar-refractivity contribution is 8.15. The van der Waals surface area contributed by atoms with E-state index in [0.29, 0.717) is 5.70 Å². The lowest BCUT2D eigenvalue weighted by molar-refractivity contribution is -0.132. The highest BCUT2D eigenvalue weighted by Crippen LogP contribution is 2.22. The summed E-state index contributed by atoms with van der Waals surface area (Å²) < 4.78 is 0. The molecule has 0 aliphatic carbocycles. The number of aliphatic carboxylic acids is 1. The zero-order valence-corrected chi connectivity index (χ0v) is 16.7. The summed E-state index contributed by atoms with van der Waals surface area (Å²) in [6.07, 6.45) is 13.5. The highest BCUT2D eigenvalue weighted by Gasteiger charge is 2.32. The lowest BCUT2D eigenvalue weighted by Gasteiger charge is -2.06. The van der Waals surface area contributed by atoms with Gasteiger partial charge in [-0.2, -0.15) is 5.10 Å². The van der Waals surface area contributed by atoms with Gasteiger partial charge in [0.05, 0.1) is 11.8 Å². The van der Waals surface area contributed by atoms with E-state index in [1.165, 1.54) is 30.5 Å². The van der Waals surface area contributed by atoms with Crippen molar-refractivity contribution in [3.8, 4) is 0 Å². The van der Waals surface area contributed by atoms with E-state index in [2.05, 4.69) is 34.0 Å². The second-order valence-electron chi connectivity index (χ2n) is 5.51. The molecular weight excluding hydrogens is 392 g/mol. The van der Waals surface area contributed by atoms with Crippen molar-refractivity contribution in [2.45, 2.75) is 18.6 Å². The van der Waals surface area contributed by atoms with Crippen molar-refractivity contribution in [3.05, 3.63) is 73.0 Å². The standard InChI is InChI=1S/C20H22N4O4S/c1-4-6-8-9-14(3)22-17(25)13-16-18(26)23-20(29-16)24-21-12-11-15(19(27)28)10-7-5-2/h4-12,16H,1-2,13H2,3H3,(H,22,25)(H,27,28)(H,23,24,26)/b8-6-,10-7-,14-9+,15-11-,21-12+. The molecule has 29 heavy (non-hydrogen) atoms. The predicted molar refractivity (Wildman–Crippen MR) is 116 cm³/mol. The molecule has 1 aliphatic rings. The molecule has 1 aliphatic heterocycles. The monoisotopic (exact) mass is 414 g/mol. The summed E-state index contributed by atoms with van der Waals surface area (Å²) in [5.41, 5.74) is 0.638. The van der Waals surface area contributed by atoms with Gasteiger partial charge in [-0.05, 0) is 25.2 Å². The van der Waals surface area contributed by atoms with Crippen molar-refractivity contribution in [1.82, 2.24) is 10.6 Å². The number of amides is 2. The summed E-state index contributed by atoms with van der Waals surface area (Å²) >= 11 is 1.08. The van der Waals surface area contributed by atoms with Gasteiger partial charge in [0.15, 0.2) is 5.17 Å². The SMILES string of the molecule is C=C/C=C\C=C(/C)NC(=O)CC1S/C(=N/N=C/C=C(/C=C\C=C)C(=O)O)NC1=O. The van der Waals surface area contributed by atoms with Crippen LogP contribution in [0.5, 0.6) is 0 Å². The minimum atomic E-state index is -1.12. The molecule has 0 spiro atoms. The van der Waals surface area contributed by atoms with Crippen LogP contribution in [0.3, 0.4) is 0 Å². The normalized spacial score (nSPS) is 19.3. The summed E-state index contributed by atoms with van der Waals surface area (Å²) in [5.74, 6) is -1.77. The van der Waals surface area contributed by atoms with Gasteiger partial charge in [-0.1, -0.05) is 55.3 Å². The molecule has 1 fully saturated rings. The predicted octanol–water partition coefficient (Wildman–Crippen LogP) is 2.47. The third-order valence-corrected chi connectivity index (χ3v) is 4.28. The Morgan fingerprint density at radius 1 is 1.24 bits per heavy atom. The van der Waals surface area contributed by atoms with Gasteiger partial charge >= 0.3 is 5.97 Å². The quantitative estimate of drug-likeness (QED) is 0.219. The molecule has 8 nitrogen and oxygen atoms in total. The van der Waals surface area contributed by atoms with Gasteiger partial charge < -0.3 is 15.7 Å². The van der Waals surface area contributed by atoms with Crippen molar-refractivity contribution >= 4 is 40.9 Å². The number of rotatable bonds is 10. The van der Waals surface area contributed by atoms with E-state index in [4.69, 9.17) is 5.11 Å². The van der Waals surface area contributed by atoms with Crippen LogP contribution in [0, 0.1) is 0 Å². The topological polar surface area (TPSA) is 120 Å². The van der Waals surface area contributed by atoms with Crippen molar-refractivity contribution in [1.29, 1.82) is 0 Å². The van der Waals surface area contributed by atoms with E-state index in [-0.39, 0.29) is 29.0 Å². The molecule has 1 rings (SSSR count). The number of hydrogen-bond donors (Lipinski definition) is 3. The number of thioether (sulfide) groups is 1. The molecule has 0 aromatic heterocycles. The van der Waals surface area contributed by atoms with Crippen LogP contribution in [0.1, 0.15) is 13.3 Å². The van der Waals surface area contributed by atoms with Crippen LogP contribution in [0.25, 0.3) is 0 Å². The average Bonchev–Trinajstić information content (AvgIpc) is 3.00. The molecule has 1 saturated heterocycles. The Balaban J connectivity index is 2.65. The molecule has 2 amide bonds. The highest BCUT2D eigenvalue weighted by atomic mass is 32.2. The Kier molecular flexibility index (Phi) is 10.4. The van der Waals surface area contributed by atoms with Crippen LogP contribution in [0.15, 0.2) is 83.2 Å². The zero-order valence-electron chi connectivity index (χ0n) is 15.9. The smallest absolute Gasteiger partial charge is 0.335 e. The molecule has 1 atom stereocenters. The second kappa shape index (κ2) is 12.8. The van der Waals surface area contributed by atoms with Gasteiger partial charge in [-0.25, -0.2) is 4.79 Å². The number of nitrogens with one attached hydrogen (secondary N) is 2. The van der Waals surface area contributed by atoms with Gasteiger partial charge in [-0.15, -0.1) is 5.10 Å². The van der Waals surface area contributed by atoms with Crippen molar-refractivity contribution in [2.24, 2.45) is 10.2 Å². The average molecular weight is 414 g/mol. The van der Waals surface area contributed by atoms with Crippen LogP contribution in [0.2, 0.25) is 0 Å². The third-order valence-electron chi connectivity index (χ3n) is 3.21. The minimum absolute atomic E-state index is 0.00197. The zero-order chi connectivity index (χ0) is 21.6. The van der Waals surface area contributed by atoms with E-state index >= 15 is 0 Å². The minimum Gasteiger partial charge on any atom is -0.478 e. The number of allylic oxidation sites excluding steroid dienone is 8. The van der Waals surface area contributed by atoms with Crippen LogP contribution >= 0.6 is 11.8 Å². The molecule has 0 radical (unpaired) electrons. The number of carboxylic acid groups (broad SMARTS) is 1. The Hall–Kier alpha value is -3.46. The first-order valence-corrected chi connectivity index (χ1v) is 9.32. The fourth-order valence-electron chi connectivity index (χ4n) is 1.92. The lowest BCUT2D eigenvalue weighted by Crippen LogP contribution is -2.30. The fourth-order valence-corrected chi connectivity index (χ4v) is 2.84. The fraction of sp³-hybridized carbons (Fsp3) is 0.150. The number of carboxylic acids is 1. The second-order valence-corrected chi connectivity index (χ2v) is 6.70. The van der Waals surface area contributed by atoms with E-state index in [1.54, 1.807) is 31.2 Å². The van der Waals surface area contributed by atoms with Crippen LogP contribution in [-0.2, 0) is 14.4 Å². The van der Waals surface area contributed by atoms with E-state index in [1.807, 2.05) is 0 Å². The van der Waals surface area contributed by atoms with Crippen LogP contribution in [0.4, 0.5) is 0 Å². The largest absolute Gasteiger partial charge is 0.478 e. The summed E-state index contributed by atoms with van der Waals surface area (Å²) in [4.78, 5) is 35.1. The summed E-state index contributed by atoms with van der Waals surface area (Å²) in [6.45, 7) is 8.75. The number of carbonyl (C=O) groups is 3. The van der Waals surface area contributed by atoms with Gasteiger partial charge in [-0.3, -0.25) is 9.59 Å². The maximum absolute atomic E-state index is 12.0. The van der Waals surface area contributed by atoms with Gasteiger partial charge in [0, 0.05) is 12.1 Å². The Bertz CT molecular complexity index is 851. The van der Waals surface area contributed by atoms with E-state index < -0.39 is 11.2 Å². The van der Waals surface area contributed by atoms with Gasteiger partial charge in [0.2, 0.25) is 11.8 Å². The molecule has 1 unspecified atom stereocenters. The number of amidine groups is 1. The number of nitrogens with zero attached hydrogens (tertiary/aromatic N) is 2. The first-order valence-electron chi connectivity index (χ1n) is 8.44. The Morgan fingerprint density at radius 2 is 1.97 bits per heavy atom.